The summed E-state index contributed by atoms with van der Waals surface area (Å²) in [5, 5.41) is 0. The summed E-state index contributed by atoms with van der Waals surface area (Å²) in [5.74, 6) is 1.43. The van der Waals surface area contributed by atoms with Gasteiger partial charge in [-0.15, -0.1) is 0 Å². The molecular formula is C41H63FN8O4. The minimum absolute atomic E-state index is 0.0526. The van der Waals surface area contributed by atoms with Gasteiger partial charge in [0.2, 0.25) is 0 Å². The zero-order valence-corrected chi connectivity index (χ0v) is 33.7. The number of aromatic nitrogens is 2. The van der Waals surface area contributed by atoms with Crippen molar-refractivity contribution in [1.82, 2.24) is 34.5 Å². The Bertz CT molecular complexity index is 1580. The molecule has 0 bridgehead atoms. The lowest BCUT2D eigenvalue weighted by molar-refractivity contribution is 0.0257. The zero-order chi connectivity index (χ0) is 38.6. The molecular weight excluding hydrogens is 688 g/mol. The molecule has 0 aliphatic carbocycles. The molecule has 54 heavy (non-hydrogen) atoms. The van der Waals surface area contributed by atoms with Crippen LogP contribution in [0.25, 0.3) is 0 Å². The Morgan fingerprint density at radius 3 is 2.35 bits per heavy atom. The molecule has 1 aromatic carbocycles. The number of ether oxygens (including phenoxy) is 2. The Morgan fingerprint density at radius 1 is 0.926 bits per heavy atom. The highest BCUT2D eigenvalue weighted by atomic mass is 19.1. The van der Waals surface area contributed by atoms with Gasteiger partial charge in [0.05, 0.1) is 11.8 Å². The molecule has 12 nitrogen and oxygen atoms in total. The SMILES string of the molecule is CC(C)N(C(=O)c1cc(F)ccc1Oc1cncnc1N1CC2(CCN(C[C@H]3CCN(CCN4CCCN(C(=O)OC(C)(C)C)CC4)C3)CC2)C1)C(C)C. The van der Waals surface area contributed by atoms with Gasteiger partial charge in [0, 0.05) is 76.4 Å². The molecule has 4 fully saturated rings. The minimum atomic E-state index is -0.483. The molecule has 2 aromatic rings. The predicted octanol–water partition coefficient (Wildman–Crippen LogP) is 5.83. The number of carbonyl (C=O) groups is 2. The van der Waals surface area contributed by atoms with E-state index in [9.17, 15) is 14.0 Å². The molecule has 1 atom stereocenters. The number of amides is 2. The molecule has 0 unspecified atom stereocenters. The molecule has 4 aliphatic heterocycles. The first-order valence-corrected chi connectivity index (χ1v) is 20.2. The second kappa shape index (κ2) is 17.1. The highest BCUT2D eigenvalue weighted by Crippen LogP contribution is 2.45. The Balaban J connectivity index is 0.948. The van der Waals surface area contributed by atoms with Crippen molar-refractivity contribution in [3.05, 3.63) is 42.1 Å². The topological polar surface area (TPSA) is 97.8 Å². The van der Waals surface area contributed by atoms with E-state index >= 15 is 0 Å². The van der Waals surface area contributed by atoms with E-state index in [2.05, 4.69) is 29.6 Å². The smallest absolute Gasteiger partial charge is 0.410 e. The third kappa shape index (κ3) is 10.00. The van der Waals surface area contributed by atoms with Crippen LogP contribution < -0.4 is 9.64 Å². The Morgan fingerprint density at radius 2 is 1.65 bits per heavy atom. The van der Waals surface area contributed by atoms with Crippen molar-refractivity contribution in [2.45, 2.75) is 91.8 Å². The van der Waals surface area contributed by atoms with Gasteiger partial charge in [-0.25, -0.2) is 19.2 Å². The summed E-state index contributed by atoms with van der Waals surface area (Å²) >= 11 is 0. The summed E-state index contributed by atoms with van der Waals surface area (Å²) in [4.78, 5) is 48.7. The van der Waals surface area contributed by atoms with Gasteiger partial charge in [0.25, 0.3) is 5.91 Å². The number of likely N-dealkylation sites (tertiary alicyclic amines) is 2. The number of carbonyl (C=O) groups excluding carboxylic acids is 2. The van der Waals surface area contributed by atoms with Gasteiger partial charge in [0.1, 0.15) is 23.5 Å². The fourth-order valence-corrected chi connectivity index (χ4v) is 8.76. The van der Waals surface area contributed by atoms with Crippen molar-refractivity contribution in [2.24, 2.45) is 11.3 Å². The van der Waals surface area contributed by atoms with E-state index in [0.29, 0.717) is 23.2 Å². The maximum atomic E-state index is 14.4. The normalized spacial score (nSPS) is 21.4. The molecule has 298 valence electrons. The maximum Gasteiger partial charge on any atom is 0.410 e. The van der Waals surface area contributed by atoms with Crippen LogP contribution >= 0.6 is 0 Å². The van der Waals surface area contributed by atoms with E-state index in [1.165, 1.54) is 44.0 Å². The number of anilines is 1. The highest BCUT2D eigenvalue weighted by Gasteiger charge is 2.46. The Labute approximate surface area is 321 Å². The van der Waals surface area contributed by atoms with Crippen LogP contribution in [0.15, 0.2) is 30.7 Å². The van der Waals surface area contributed by atoms with Crippen molar-refractivity contribution in [3.63, 3.8) is 0 Å². The van der Waals surface area contributed by atoms with Crippen LogP contribution in [0, 0.1) is 17.2 Å². The second-order valence-electron chi connectivity index (χ2n) is 17.6. The van der Waals surface area contributed by atoms with Crippen LogP contribution in [-0.2, 0) is 4.74 Å². The summed E-state index contributed by atoms with van der Waals surface area (Å²) in [7, 11) is 0. The molecule has 4 aliphatic rings. The monoisotopic (exact) mass is 750 g/mol. The summed E-state index contributed by atoms with van der Waals surface area (Å²) < 4.78 is 26.4. The van der Waals surface area contributed by atoms with Crippen LogP contribution in [0.3, 0.4) is 0 Å². The molecule has 0 saturated carbocycles. The number of nitrogens with zero attached hydrogens (tertiary/aromatic N) is 8. The third-order valence-corrected chi connectivity index (χ3v) is 11.5. The van der Waals surface area contributed by atoms with Crippen LogP contribution in [-0.4, -0.2) is 149 Å². The lowest BCUT2D eigenvalue weighted by Crippen LogP contribution is -2.61. The van der Waals surface area contributed by atoms with Crippen molar-refractivity contribution in [2.75, 3.05) is 90.0 Å². The molecule has 1 aromatic heterocycles. The minimum Gasteiger partial charge on any atom is -0.451 e. The first kappa shape index (κ1) is 40.1. The highest BCUT2D eigenvalue weighted by molar-refractivity contribution is 5.97. The van der Waals surface area contributed by atoms with Gasteiger partial charge in [-0.2, -0.15) is 0 Å². The predicted molar refractivity (Wildman–Crippen MR) is 209 cm³/mol. The summed E-state index contributed by atoms with van der Waals surface area (Å²) in [6.45, 7) is 26.7. The van der Waals surface area contributed by atoms with Gasteiger partial charge in [-0.05, 0) is 124 Å². The summed E-state index contributed by atoms with van der Waals surface area (Å²) in [6.07, 6.45) is 7.54. The average Bonchev–Trinajstić information content (AvgIpc) is 3.40. The molecule has 4 saturated heterocycles. The number of halogens is 1. The van der Waals surface area contributed by atoms with Crippen LogP contribution in [0.2, 0.25) is 0 Å². The quantitative estimate of drug-likeness (QED) is 0.279. The number of hydrogen-bond acceptors (Lipinski definition) is 10. The molecule has 13 heteroatoms. The molecule has 5 heterocycles. The average molecular weight is 751 g/mol. The molecule has 1 spiro atoms. The van der Waals surface area contributed by atoms with E-state index < -0.39 is 11.4 Å². The van der Waals surface area contributed by atoms with Crippen LogP contribution in [0.4, 0.5) is 15.0 Å². The lowest BCUT2D eigenvalue weighted by atomic mass is 9.72. The molecule has 0 N–H and O–H groups in total. The lowest BCUT2D eigenvalue weighted by Gasteiger charge is -2.54. The number of rotatable bonds is 11. The van der Waals surface area contributed by atoms with E-state index in [1.54, 1.807) is 11.1 Å². The van der Waals surface area contributed by atoms with E-state index in [-0.39, 0.29) is 35.1 Å². The van der Waals surface area contributed by atoms with Gasteiger partial charge < -0.3 is 38.9 Å². The van der Waals surface area contributed by atoms with Gasteiger partial charge in [-0.3, -0.25) is 4.79 Å². The zero-order valence-electron chi connectivity index (χ0n) is 33.7. The largest absolute Gasteiger partial charge is 0.451 e. The third-order valence-electron chi connectivity index (χ3n) is 11.5. The van der Waals surface area contributed by atoms with Crippen molar-refractivity contribution in [3.8, 4) is 11.5 Å². The molecule has 6 rings (SSSR count). The number of piperidine rings is 1. The van der Waals surface area contributed by atoms with Gasteiger partial charge >= 0.3 is 6.09 Å². The summed E-state index contributed by atoms with van der Waals surface area (Å²) in [5.41, 5.74) is -0.00933. The second-order valence-corrected chi connectivity index (χ2v) is 17.6. The van der Waals surface area contributed by atoms with E-state index in [4.69, 9.17) is 9.47 Å². The number of hydrogen-bond donors (Lipinski definition) is 0. The first-order valence-electron chi connectivity index (χ1n) is 20.2. The fraction of sp³-hybridized carbons (Fsp3) is 0.707. The van der Waals surface area contributed by atoms with Crippen molar-refractivity contribution >= 4 is 17.8 Å². The molecule has 0 radical (unpaired) electrons. The van der Waals surface area contributed by atoms with Gasteiger partial charge in [-0.1, -0.05) is 0 Å². The van der Waals surface area contributed by atoms with Crippen molar-refractivity contribution in [1.29, 1.82) is 0 Å². The molecule has 2 amide bonds. The Hall–Kier alpha value is -3.55. The van der Waals surface area contributed by atoms with E-state index in [0.717, 1.165) is 91.3 Å². The van der Waals surface area contributed by atoms with Crippen molar-refractivity contribution < 1.29 is 23.5 Å². The van der Waals surface area contributed by atoms with Gasteiger partial charge in [0.15, 0.2) is 11.6 Å². The van der Waals surface area contributed by atoms with E-state index in [1.807, 2.05) is 53.4 Å². The first-order chi connectivity index (χ1) is 25.7. The Kier molecular flexibility index (Phi) is 12.7. The number of benzene rings is 1. The fourth-order valence-electron chi connectivity index (χ4n) is 8.76. The van der Waals surface area contributed by atoms with Crippen LogP contribution in [0.5, 0.6) is 11.5 Å². The standard InChI is InChI=1S/C41H63FN8O4/c1-30(2)50(31(3)4)38(51)34-23-33(42)9-10-35(34)53-36-24-43-29-44-37(36)49-27-41(28-49)12-17-47(18-13-41)26-32-11-16-46(25-32)20-19-45-14-8-15-48(22-21-45)39(52)54-40(5,6)7/h9-10,23-24,29-32H,8,11-22,25-28H2,1-7H3/t32-/m0/s1. The summed E-state index contributed by atoms with van der Waals surface area (Å²) in [6, 6.07) is 3.99. The van der Waals surface area contributed by atoms with Crippen LogP contribution in [0.1, 0.15) is 84.5 Å². The maximum absolute atomic E-state index is 14.4.